The Morgan fingerprint density at radius 1 is 1.19 bits per heavy atom. The third-order valence-electron chi connectivity index (χ3n) is 5.42. The summed E-state index contributed by atoms with van der Waals surface area (Å²) in [6.07, 6.45) is 1.73. The Morgan fingerprint density at radius 2 is 1.85 bits per heavy atom. The standard InChI is InChI=1S/C20H29FN2O3/c1-3-22(4-2)11-9-17-14-23(12-10-16(17)13-19(24)25)20(26)15-5-7-18(21)8-6-15/h5-8,16-17H,3-4,9-14H2,1-2H3,(H,24,25)/t16-,17+/m0/s1. The van der Waals surface area contributed by atoms with Crippen LogP contribution in [0.4, 0.5) is 4.39 Å². The van der Waals surface area contributed by atoms with Crippen molar-refractivity contribution in [2.45, 2.75) is 33.1 Å². The van der Waals surface area contributed by atoms with Crippen LogP contribution in [0.1, 0.15) is 43.5 Å². The summed E-state index contributed by atoms with van der Waals surface area (Å²) in [7, 11) is 0. The number of hydrogen-bond donors (Lipinski definition) is 1. The highest BCUT2D eigenvalue weighted by Gasteiger charge is 2.33. The van der Waals surface area contributed by atoms with Crippen LogP contribution in [0, 0.1) is 17.7 Å². The Morgan fingerprint density at radius 3 is 2.42 bits per heavy atom. The highest BCUT2D eigenvalue weighted by Crippen LogP contribution is 2.30. The van der Waals surface area contributed by atoms with Gasteiger partial charge in [0.25, 0.3) is 5.91 Å². The second-order valence-corrected chi connectivity index (χ2v) is 6.98. The van der Waals surface area contributed by atoms with Gasteiger partial charge in [0.1, 0.15) is 5.82 Å². The summed E-state index contributed by atoms with van der Waals surface area (Å²) in [6, 6.07) is 5.60. The van der Waals surface area contributed by atoms with Gasteiger partial charge < -0.3 is 14.9 Å². The van der Waals surface area contributed by atoms with Gasteiger partial charge in [-0.3, -0.25) is 9.59 Å². The number of rotatable bonds is 8. The fraction of sp³-hybridized carbons (Fsp3) is 0.600. The number of piperidine rings is 1. The number of carboxylic acids is 1. The van der Waals surface area contributed by atoms with Crippen molar-refractivity contribution in [2.75, 3.05) is 32.7 Å². The lowest BCUT2D eigenvalue weighted by Gasteiger charge is -2.39. The van der Waals surface area contributed by atoms with Crippen LogP contribution < -0.4 is 0 Å². The Kier molecular flexibility index (Phi) is 7.57. The SMILES string of the molecule is CCN(CC)CC[C@@H]1CN(C(=O)c2ccc(F)cc2)CC[C@H]1CC(=O)O. The zero-order valence-electron chi connectivity index (χ0n) is 15.7. The minimum absolute atomic E-state index is 0.0975. The molecule has 6 heteroatoms. The molecule has 144 valence electrons. The fourth-order valence-corrected chi connectivity index (χ4v) is 3.75. The van der Waals surface area contributed by atoms with Crippen molar-refractivity contribution in [3.05, 3.63) is 35.6 Å². The minimum atomic E-state index is -0.777. The highest BCUT2D eigenvalue weighted by molar-refractivity contribution is 5.94. The van der Waals surface area contributed by atoms with E-state index in [9.17, 15) is 19.1 Å². The van der Waals surface area contributed by atoms with E-state index < -0.39 is 5.97 Å². The number of likely N-dealkylation sites (tertiary alicyclic amines) is 1. The van der Waals surface area contributed by atoms with Gasteiger partial charge in [0.05, 0.1) is 0 Å². The van der Waals surface area contributed by atoms with Gasteiger partial charge in [0, 0.05) is 25.1 Å². The van der Waals surface area contributed by atoms with Crippen molar-refractivity contribution in [3.63, 3.8) is 0 Å². The molecule has 1 aliphatic rings. The predicted octanol–water partition coefficient (Wildman–Crippen LogP) is 3.11. The molecule has 2 atom stereocenters. The van der Waals surface area contributed by atoms with Gasteiger partial charge in [-0.25, -0.2) is 4.39 Å². The molecule has 1 fully saturated rings. The monoisotopic (exact) mass is 364 g/mol. The van der Waals surface area contributed by atoms with E-state index >= 15 is 0 Å². The summed E-state index contributed by atoms with van der Waals surface area (Å²) >= 11 is 0. The highest BCUT2D eigenvalue weighted by atomic mass is 19.1. The van der Waals surface area contributed by atoms with E-state index in [-0.39, 0.29) is 30.0 Å². The van der Waals surface area contributed by atoms with Crippen LogP contribution in [0.3, 0.4) is 0 Å². The number of amides is 1. The van der Waals surface area contributed by atoms with Crippen LogP contribution in [0.5, 0.6) is 0 Å². The first-order chi connectivity index (χ1) is 12.4. The Balaban J connectivity index is 2.05. The molecule has 0 aromatic heterocycles. The number of carboxylic acid groups (broad SMARTS) is 1. The third-order valence-corrected chi connectivity index (χ3v) is 5.42. The molecule has 1 aromatic rings. The van der Waals surface area contributed by atoms with E-state index in [1.807, 2.05) is 0 Å². The van der Waals surface area contributed by atoms with Crippen molar-refractivity contribution in [2.24, 2.45) is 11.8 Å². The second kappa shape index (κ2) is 9.67. The average Bonchev–Trinajstić information content (AvgIpc) is 2.63. The number of nitrogens with zero attached hydrogens (tertiary/aromatic N) is 2. The summed E-state index contributed by atoms with van der Waals surface area (Å²) in [5.41, 5.74) is 0.477. The Labute approximate surface area is 154 Å². The number of hydrogen-bond acceptors (Lipinski definition) is 3. The molecular formula is C20H29FN2O3. The molecule has 0 spiro atoms. The molecule has 0 unspecified atom stereocenters. The smallest absolute Gasteiger partial charge is 0.303 e. The molecule has 0 radical (unpaired) electrons. The maximum Gasteiger partial charge on any atom is 0.303 e. The zero-order chi connectivity index (χ0) is 19.1. The van der Waals surface area contributed by atoms with Crippen molar-refractivity contribution in [3.8, 4) is 0 Å². The largest absolute Gasteiger partial charge is 0.481 e. The molecule has 1 aliphatic heterocycles. The molecule has 1 N–H and O–H groups in total. The number of carbonyl (C=O) groups is 2. The van der Waals surface area contributed by atoms with Crippen molar-refractivity contribution in [1.29, 1.82) is 0 Å². The van der Waals surface area contributed by atoms with Crippen LogP contribution in [0.15, 0.2) is 24.3 Å². The second-order valence-electron chi connectivity index (χ2n) is 6.98. The number of aliphatic carboxylic acids is 1. The summed E-state index contributed by atoms with van der Waals surface area (Å²) in [5, 5.41) is 9.21. The van der Waals surface area contributed by atoms with Gasteiger partial charge >= 0.3 is 5.97 Å². The molecule has 1 amide bonds. The summed E-state index contributed by atoms with van der Waals surface area (Å²) in [6.45, 7) is 8.18. The van der Waals surface area contributed by atoms with Crippen molar-refractivity contribution >= 4 is 11.9 Å². The number of carbonyl (C=O) groups excluding carboxylic acids is 1. The Bertz CT molecular complexity index is 602. The van der Waals surface area contributed by atoms with Gasteiger partial charge in [-0.1, -0.05) is 13.8 Å². The van der Waals surface area contributed by atoms with Crippen LogP contribution >= 0.6 is 0 Å². The van der Waals surface area contributed by atoms with Gasteiger partial charge in [-0.15, -0.1) is 0 Å². The molecule has 0 saturated carbocycles. The molecule has 0 bridgehead atoms. The summed E-state index contributed by atoms with van der Waals surface area (Å²) in [4.78, 5) is 28.0. The van der Waals surface area contributed by atoms with Gasteiger partial charge in [0.2, 0.25) is 0 Å². The maximum absolute atomic E-state index is 13.1. The van der Waals surface area contributed by atoms with E-state index in [4.69, 9.17) is 0 Å². The predicted molar refractivity (Wildman–Crippen MR) is 98.6 cm³/mol. The molecule has 2 rings (SSSR count). The molecule has 1 aromatic carbocycles. The molecule has 5 nitrogen and oxygen atoms in total. The van der Waals surface area contributed by atoms with Crippen LogP contribution in [0.2, 0.25) is 0 Å². The summed E-state index contributed by atoms with van der Waals surface area (Å²) in [5.74, 6) is -0.975. The molecule has 26 heavy (non-hydrogen) atoms. The van der Waals surface area contributed by atoms with Crippen molar-refractivity contribution < 1.29 is 19.1 Å². The van der Waals surface area contributed by atoms with Crippen LogP contribution in [-0.4, -0.2) is 59.5 Å². The summed E-state index contributed by atoms with van der Waals surface area (Å²) < 4.78 is 13.1. The van der Waals surface area contributed by atoms with Crippen LogP contribution in [0.25, 0.3) is 0 Å². The molecule has 1 saturated heterocycles. The number of halogens is 1. The van der Waals surface area contributed by atoms with E-state index in [1.165, 1.54) is 24.3 Å². The molecule has 1 heterocycles. The number of benzene rings is 1. The first-order valence-electron chi connectivity index (χ1n) is 9.43. The topological polar surface area (TPSA) is 60.9 Å². The lowest BCUT2D eigenvalue weighted by atomic mass is 9.81. The first kappa shape index (κ1) is 20.4. The van der Waals surface area contributed by atoms with E-state index in [0.29, 0.717) is 25.1 Å². The normalized spacial score (nSPS) is 20.4. The average molecular weight is 364 g/mol. The first-order valence-corrected chi connectivity index (χ1v) is 9.43. The maximum atomic E-state index is 13.1. The minimum Gasteiger partial charge on any atom is -0.481 e. The molecular weight excluding hydrogens is 335 g/mol. The van der Waals surface area contributed by atoms with Crippen LogP contribution in [-0.2, 0) is 4.79 Å². The van der Waals surface area contributed by atoms with Gasteiger partial charge in [-0.05, 0) is 68.6 Å². The van der Waals surface area contributed by atoms with E-state index in [2.05, 4.69) is 18.7 Å². The van der Waals surface area contributed by atoms with Crippen molar-refractivity contribution in [1.82, 2.24) is 9.80 Å². The molecule has 0 aliphatic carbocycles. The van der Waals surface area contributed by atoms with E-state index in [1.54, 1.807) is 4.90 Å². The Hall–Kier alpha value is -1.95. The lowest BCUT2D eigenvalue weighted by molar-refractivity contribution is -0.139. The van der Waals surface area contributed by atoms with E-state index in [0.717, 1.165) is 26.1 Å². The lowest BCUT2D eigenvalue weighted by Crippen LogP contribution is -2.45. The zero-order valence-corrected chi connectivity index (χ0v) is 15.7. The third kappa shape index (κ3) is 5.53. The fourth-order valence-electron chi connectivity index (χ4n) is 3.75. The van der Waals surface area contributed by atoms with Gasteiger partial charge in [-0.2, -0.15) is 0 Å². The quantitative estimate of drug-likeness (QED) is 0.770. The van der Waals surface area contributed by atoms with Gasteiger partial charge in [0.15, 0.2) is 0 Å².